The lowest BCUT2D eigenvalue weighted by Crippen LogP contribution is -2.41. The number of carbonyl (C=O) groups excluding carboxylic acids is 1. The first-order valence-corrected chi connectivity index (χ1v) is 15.4. The maximum absolute atomic E-state index is 12.2. The molecule has 2 saturated heterocycles. The Bertz CT molecular complexity index is 1500. The molecule has 0 radical (unpaired) electrons. The van der Waals surface area contributed by atoms with Gasteiger partial charge in [-0.3, -0.25) is 0 Å². The summed E-state index contributed by atoms with van der Waals surface area (Å²) in [4.78, 5) is 14.1. The molecule has 4 nitrogen and oxygen atoms in total. The highest BCUT2D eigenvalue weighted by Crippen LogP contribution is 2.35. The number of hydrogen-bond donors (Lipinski definition) is 1. The Morgan fingerprint density at radius 1 is 0.690 bits per heavy atom. The smallest absolute Gasteiger partial charge is 0.410 e. The Labute approximate surface area is 258 Å². The molecule has 2 fully saturated rings. The highest BCUT2D eigenvalue weighted by molar-refractivity contribution is 5.89. The maximum atomic E-state index is 12.2. The van der Waals surface area contributed by atoms with Gasteiger partial charge in [0.15, 0.2) is 0 Å². The van der Waals surface area contributed by atoms with E-state index in [0.29, 0.717) is 5.92 Å². The highest BCUT2D eigenvalue weighted by Gasteiger charge is 2.28. The number of hydrogen-bond acceptors (Lipinski definition) is 3. The lowest BCUT2D eigenvalue weighted by atomic mass is 9.86. The highest BCUT2D eigenvalue weighted by atomic mass is 35.5. The Morgan fingerprint density at radius 3 is 1.60 bits per heavy atom. The molecule has 42 heavy (non-hydrogen) atoms. The van der Waals surface area contributed by atoms with Crippen LogP contribution in [0.1, 0.15) is 80.5 Å². The second-order valence-corrected chi connectivity index (χ2v) is 12.8. The van der Waals surface area contributed by atoms with Crippen LogP contribution in [0.2, 0.25) is 0 Å². The van der Waals surface area contributed by atoms with Crippen molar-refractivity contribution in [2.24, 2.45) is 0 Å². The predicted molar refractivity (Wildman–Crippen MR) is 179 cm³/mol. The monoisotopic (exact) mass is 586 g/mol. The van der Waals surface area contributed by atoms with Crippen molar-refractivity contribution in [3.05, 3.63) is 95.1 Å². The van der Waals surface area contributed by atoms with Crippen LogP contribution in [-0.2, 0) is 4.74 Å². The predicted octanol–water partition coefficient (Wildman–Crippen LogP) is 9.30. The van der Waals surface area contributed by atoms with E-state index in [4.69, 9.17) is 4.74 Å². The molecule has 224 valence electrons. The largest absolute Gasteiger partial charge is 0.444 e. The molecule has 2 heterocycles. The average molecular weight is 587 g/mol. The van der Waals surface area contributed by atoms with Crippen LogP contribution in [-0.4, -0.2) is 42.8 Å². The number of nitrogens with zero attached hydrogens (tertiary/aromatic N) is 1. The van der Waals surface area contributed by atoms with Gasteiger partial charge in [0, 0.05) is 13.1 Å². The van der Waals surface area contributed by atoms with Crippen molar-refractivity contribution in [2.75, 3.05) is 26.2 Å². The number of ether oxygens (including phenoxy) is 1. The van der Waals surface area contributed by atoms with Crippen LogP contribution in [0.15, 0.2) is 72.8 Å². The zero-order valence-electron chi connectivity index (χ0n) is 25.9. The van der Waals surface area contributed by atoms with E-state index >= 15 is 0 Å². The Hall–Kier alpha value is -3.08. The first-order valence-electron chi connectivity index (χ1n) is 15.4. The third kappa shape index (κ3) is 7.46. The lowest BCUT2D eigenvalue weighted by molar-refractivity contribution is 0.0205. The van der Waals surface area contributed by atoms with E-state index in [9.17, 15) is 4.79 Å². The van der Waals surface area contributed by atoms with Crippen molar-refractivity contribution in [2.45, 2.75) is 77.7 Å². The third-order valence-electron chi connectivity index (χ3n) is 8.71. The van der Waals surface area contributed by atoms with E-state index in [1.54, 1.807) is 5.56 Å². The van der Waals surface area contributed by atoms with Gasteiger partial charge in [-0.15, -0.1) is 12.4 Å². The van der Waals surface area contributed by atoms with E-state index in [2.05, 4.69) is 92.0 Å². The number of halogens is 1. The van der Waals surface area contributed by atoms with E-state index in [-0.39, 0.29) is 18.5 Å². The average Bonchev–Trinajstić information content (AvgIpc) is 2.97. The van der Waals surface area contributed by atoms with Gasteiger partial charge in [-0.2, -0.15) is 0 Å². The topological polar surface area (TPSA) is 41.6 Å². The van der Waals surface area contributed by atoms with Gasteiger partial charge in [0.05, 0.1) is 0 Å². The number of carbonyl (C=O) groups is 1. The molecule has 2 aliphatic heterocycles. The number of benzene rings is 4. The van der Waals surface area contributed by atoms with Crippen molar-refractivity contribution in [1.29, 1.82) is 0 Å². The van der Waals surface area contributed by atoms with Crippen molar-refractivity contribution >= 4 is 40.0 Å². The fourth-order valence-corrected chi connectivity index (χ4v) is 6.53. The molecule has 5 heteroatoms. The number of nitrogens with one attached hydrogen (secondary N) is 1. The number of likely N-dealkylation sites (tertiary alicyclic amines) is 1. The van der Waals surface area contributed by atoms with Gasteiger partial charge in [-0.1, -0.05) is 72.8 Å². The standard InChI is InChI=1S/C21H27NO2.C16H19N.ClH/c1-15-7-5-10-19-17(15)8-6-9-18(19)16-11-13-22(14-12-16)20(23)24-21(2,3)4;1-12-4-2-7-16-14(12)5-3-6-15(16)13-8-10-17-11-9-13;/h5-10,16H,11-14H2,1-4H3;2-7,13,17H,8-11H2,1H3;1H. The Kier molecular flexibility index (Phi) is 10.6. The number of amides is 1. The molecule has 0 spiro atoms. The molecule has 4 aromatic carbocycles. The number of aryl methyl sites for hydroxylation is 2. The molecule has 4 aromatic rings. The summed E-state index contributed by atoms with van der Waals surface area (Å²) in [6.07, 6.45) is 4.34. The van der Waals surface area contributed by atoms with Crippen LogP contribution < -0.4 is 5.32 Å². The fourth-order valence-electron chi connectivity index (χ4n) is 6.53. The van der Waals surface area contributed by atoms with E-state index in [1.807, 2.05) is 25.7 Å². The Morgan fingerprint density at radius 2 is 1.12 bits per heavy atom. The maximum Gasteiger partial charge on any atom is 0.410 e. The molecule has 0 atom stereocenters. The third-order valence-corrected chi connectivity index (χ3v) is 8.71. The number of piperidine rings is 2. The molecule has 6 rings (SSSR count). The van der Waals surface area contributed by atoms with Crippen LogP contribution >= 0.6 is 12.4 Å². The van der Waals surface area contributed by atoms with Gasteiger partial charge in [0.2, 0.25) is 0 Å². The van der Waals surface area contributed by atoms with Crippen LogP contribution in [0.25, 0.3) is 21.5 Å². The lowest BCUT2D eigenvalue weighted by Gasteiger charge is -2.34. The van der Waals surface area contributed by atoms with Crippen molar-refractivity contribution < 1.29 is 9.53 Å². The normalized spacial score (nSPS) is 16.5. The summed E-state index contributed by atoms with van der Waals surface area (Å²) in [6, 6.07) is 26.6. The van der Waals surface area contributed by atoms with Crippen LogP contribution in [0, 0.1) is 13.8 Å². The van der Waals surface area contributed by atoms with Crippen LogP contribution in [0.3, 0.4) is 0 Å². The quantitative estimate of drug-likeness (QED) is 0.254. The number of rotatable bonds is 2. The Balaban J connectivity index is 0.000000198. The summed E-state index contributed by atoms with van der Waals surface area (Å²) >= 11 is 0. The van der Waals surface area contributed by atoms with Crippen molar-refractivity contribution in [3.63, 3.8) is 0 Å². The van der Waals surface area contributed by atoms with Crippen molar-refractivity contribution in [1.82, 2.24) is 10.2 Å². The van der Waals surface area contributed by atoms with Gasteiger partial charge >= 0.3 is 6.09 Å². The first-order chi connectivity index (χ1) is 19.7. The second kappa shape index (κ2) is 13.9. The summed E-state index contributed by atoms with van der Waals surface area (Å²) in [6.45, 7) is 14.0. The van der Waals surface area contributed by atoms with E-state index < -0.39 is 5.60 Å². The SMILES string of the molecule is Cc1cccc2c(C3CCN(C(=O)OC(C)(C)C)CC3)cccc12.Cc1cccc2c(C3CCNCC3)cccc12.Cl. The minimum Gasteiger partial charge on any atom is -0.444 e. The minimum absolute atomic E-state index is 0. The van der Waals surface area contributed by atoms with Gasteiger partial charge in [0.25, 0.3) is 0 Å². The molecule has 1 amide bonds. The summed E-state index contributed by atoms with van der Waals surface area (Å²) in [5, 5.41) is 9.01. The molecule has 0 saturated carbocycles. The second-order valence-electron chi connectivity index (χ2n) is 12.8. The van der Waals surface area contributed by atoms with Crippen molar-refractivity contribution in [3.8, 4) is 0 Å². The summed E-state index contributed by atoms with van der Waals surface area (Å²) in [7, 11) is 0. The van der Waals surface area contributed by atoms with E-state index in [1.165, 1.54) is 51.1 Å². The molecular formula is C37H47ClN2O2. The zero-order chi connectivity index (χ0) is 29.0. The van der Waals surface area contributed by atoms with Gasteiger partial charge in [-0.25, -0.2) is 4.79 Å². The number of fused-ring (bicyclic) bond motifs is 2. The van der Waals surface area contributed by atoms with Gasteiger partial charge in [0.1, 0.15) is 5.60 Å². The fraction of sp³-hybridized carbons (Fsp3) is 0.432. The molecule has 0 aromatic heterocycles. The molecule has 0 aliphatic carbocycles. The molecule has 2 aliphatic rings. The van der Waals surface area contributed by atoms with Crippen LogP contribution in [0.4, 0.5) is 4.79 Å². The molecular weight excluding hydrogens is 540 g/mol. The summed E-state index contributed by atoms with van der Waals surface area (Å²) in [5.74, 6) is 1.25. The summed E-state index contributed by atoms with van der Waals surface area (Å²) in [5.41, 5.74) is 5.24. The first kappa shape index (κ1) is 31.8. The van der Waals surface area contributed by atoms with Gasteiger partial charge in [-0.05, 0) is 129 Å². The molecule has 0 bridgehead atoms. The van der Waals surface area contributed by atoms with E-state index in [0.717, 1.165) is 44.9 Å². The molecule has 1 N–H and O–H groups in total. The minimum atomic E-state index is -0.429. The summed E-state index contributed by atoms with van der Waals surface area (Å²) < 4.78 is 5.49. The van der Waals surface area contributed by atoms with Gasteiger partial charge < -0.3 is 15.0 Å². The molecule has 0 unspecified atom stereocenters. The van der Waals surface area contributed by atoms with Crippen LogP contribution in [0.5, 0.6) is 0 Å². The zero-order valence-corrected chi connectivity index (χ0v) is 26.7.